The van der Waals surface area contributed by atoms with Crippen molar-refractivity contribution in [3.05, 3.63) is 23.8 Å². The van der Waals surface area contributed by atoms with E-state index in [4.69, 9.17) is 4.74 Å². The Morgan fingerprint density at radius 2 is 1.76 bits per heavy atom. The first kappa shape index (κ1) is 19.9. The molecule has 0 aromatic heterocycles. The molecular weight excluding hydrogens is 260 g/mol. The van der Waals surface area contributed by atoms with Crippen LogP contribution in [0.2, 0.25) is 0 Å². The van der Waals surface area contributed by atoms with E-state index in [0.29, 0.717) is 6.61 Å². The third kappa shape index (κ3) is 13.7. The number of hydrogen-bond donors (Lipinski definition) is 0. The van der Waals surface area contributed by atoms with Crippen LogP contribution in [0.3, 0.4) is 0 Å². The summed E-state index contributed by atoms with van der Waals surface area (Å²) >= 11 is 0. The van der Waals surface area contributed by atoms with Crippen molar-refractivity contribution in [2.45, 2.75) is 73.1 Å². The van der Waals surface area contributed by atoms with Gasteiger partial charge in [-0.15, -0.1) is 0 Å². The zero-order valence-corrected chi connectivity index (χ0v) is 14.7. The molecule has 0 saturated carbocycles. The van der Waals surface area contributed by atoms with Crippen molar-refractivity contribution in [2.75, 3.05) is 6.61 Å². The first-order valence-electron chi connectivity index (χ1n) is 8.47. The molecule has 0 saturated heterocycles. The van der Waals surface area contributed by atoms with Gasteiger partial charge in [-0.2, -0.15) is 0 Å². The Hall–Kier alpha value is -1.05. The van der Waals surface area contributed by atoms with Gasteiger partial charge in [-0.05, 0) is 44.1 Å². The third-order valence-electron chi connectivity index (χ3n) is 3.57. The van der Waals surface area contributed by atoms with Crippen molar-refractivity contribution in [1.82, 2.24) is 0 Å². The van der Waals surface area contributed by atoms with Crippen LogP contribution in [0.1, 0.15) is 73.1 Å². The Morgan fingerprint density at radius 1 is 1.10 bits per heavy atom. The van der Waals surface area contributed by atoms with Gasteiger partial charge in [0.1, 0.15) is 0 Å². The maximum atomic E-state index is 11.3. The molecule has 0 heterocycles. The minimum atomic E-state index is -0.252. The summed E-state index contributed by atoms with van der Waals surface area (Å²) < 4.78 is 4.88. The summed E-state index contributed by atoms with van der Waals surface area (Å²) in [4.78, 5) is 11.3. The van der Waals surface area contributed by atoms with Crippen LogP contribution < -0.4 is 0 Å². The molecule has 1 atom stereocenters. The predicted octanol–water partition coefficient (Wildman–Crippen LogP) is 5.68. The maximum Gasteiger partial charge on any atom is 0.330 e. The summed E-state index contributed by atoms with van der Waals surface area (Å²) in [5.41, 5.74) is 0.957. The van der Waals surface area contributed by atoms with Crippen LogP contribution in [-0.2, 0) is 9.53 Å². The predicted molar refractivity (Wildman–Crippen MR) is 91.2 cm³/mol. The summed E-state index contributed by atoms with van der Waals surface area (Å²) in [7, 11) is 0. The lowest BCUT2D eigenvalue weighted by atomic mass is 9.96. The Labute approximate surface area is 131 Å². The topological polar surface area (TPSA) is 26.3 Å². The number of allylic oxidation sites excluding steroid dienone is 3. The summed E-state index contributed by atoms with van der Waals surface area (Å²) in [6.45, 7) is 11.1. The molecule has 0 fully saturated rings. The van der Waals surface area contributed by atoms with Gasteiger partial charge < -0.3 is 4.74 Å². The fraction of sp³-hybridized carbons (Fsp3) is 0.737. The van der Waals surface area contributed by atoms with Crippen molar-refractivity contribution < 1.29 is 9.53 Å². The molecule has 0 N–H and O–H groups in total. The molecular formula is C19H34O2. The Kier molecular flexibility index (Phi) is 12.0. The zero-order valence-electron chi connectivity index (χ0n) is 14.7. The monoisotopic (exact) mass is 294 g/mol. The Balaban J connectivity index is 3.76. The summed E-state index contributed by atoms with van der Waals surface area (Å²) in [5.74, 6) is 1.37. The Morgan fingerprint density at radius 3 is 2.38 bits per heavy atom. The summed E-state index contributed by atoms with van der Waals surface area (Å²) in [6.07, 6.45) is 13.4. The van der Waals surface area contributed by atoms with E-state index in [9.17, 15) is 4.79 Å². The molecule has 0 aliphatic rings. The number of carbonyl (C=O) groups is 1. The van der Waals surface area contributed by atoms with E-state index in [-0.39, 0.29) is 5.97 Å². The number of carbonyl (C=O) groups excluding carboxylic acids is 1. The molecule has 2 nitrogen and oxygen atoms in total. The standard InChI is InChI=1S/C19H34O2/c1-6-21-19(20)15-18(5)14-10-9-13-17(4)12-8-7-11-16(2)3/h10,14-17H,6-9,11-13H2,1-5H3. The average Bonchev–Trinajstić information content (AvgIpc) is 2.39. The molecule has 0 aromatic rings. The van der Waals surface area contributed by atoms with Gasteiger partial charge in [-0.3, -0.25) is 0 Å². The quantitative estimate of drug-likeness (QED) is 0.212. The summed E-state index contributed by atoms with van der Waals surface area (Å²) in [6, 6.07) is 0. The molecule has 21 heavy (non-hydrogen) atoms. The van der Waals surface area contributed by atoms with Gasteiger partial charge in [0.05, 0.1) is 6.61 Å². The fourth-order valence-corrected chi connectivity index (χ4v) is 2.26. The van der Waals surface area contributed by atoms with E-state index < -0.39 is 0 Å². The molecule has 0 aromatic carbocycles. The van der Waals surface area contributed by atoms with E-state index in [0.717, 1.165) is 23.8 Å². The van der Waals surface area contributed by atoms with Gasteiger partial charge in [0, 0.05) is 6.08 Å². The highest BCUT2D eigenvalue weighted by atomic mass is 16.5. The molecule has 0 radical (unpaired) electrons. The highest BCUT2D eigenvalue weighted by Crippen LogP contribution is 2.17. The van der Waals surface area contributed by atoms with E-state index >= 15 is 0 Å². The van der Waals surface area contributed by atoms with Crippen LogP contribution in [0, 0.1) is 11.8 Å². The maximum absolute atomic E-state index is 11.3. The van der Waals surface area contributed by atoms with Gasteiger partial charge in [-0.1, -0.05) is 58.6 Å². The molecule has 2 heteroatoms. The van der Waals surface area contributed by atoms with Crippen LogP contribution in [0.15, 0.2) is 23.8 Å². The lowest BCUT2D eigenvalue weighted by Gasteiger charge is -2.10. The van der Waals surface area contributed by atoms with Crippen LogP contribution >= 0.6 is 0 Å². The molecule has 0 aliphatic carbocycles. The van der Waals surface area contributed by atoms with Crippen molar-refractivity contribution in [1.29, 1.82) is 0 Å². The second-order valence-electron chi connectivity index (χ2n) is 6.40. The van der Waals surface area contributed by atoms with E-state index in [1.807, 2.05) is 19.9 Å². The van der Waals surface area contributed by atoms with Crippen molar-refractivity contribution in [3.8, 4) is 0 Å². The molecule has 0 bridgehead atoms. The highest BCUT2D eigenvalue weighted by Gasteiger charge is 2.01. The van der Waals surface area contributed by atoms with Gasteiger partial charge >= 0.3 is 5.97 Å². The molecule has 122 valence electrons. The largest absolute Gasteiger partial charge is 0.463 e. The molecule has 0 aliphatic heterocycles. The number of ether oxygens (including phenoxy) is 1. The van der Waals surface area contributed by atoms with Gasteiger partial charge in [0.25, 0.3) is 0 Å². The minimum Gasteiger partial charge on any atom is -0.463 e. The number of hydrogen-bond acceptors (Lipinski definition) is 2. The van der Waals surface area contributed by atoms with Crippen LogP contribution in [0.25, 0.3) is 0 Å². The van der Waals surface area contributed by atoms with Gasteiger partial charge in [0.15, 0.2) is 0 Å². The van der Waals surface area contributed by atoms with E-state index in [1.54, 1.807) is 6.08 Å². The van der Waals surface area contributed by atoms with Crippen LogP contribution in [-0.4, -0.2) is 12.6 Å². The first-order chi connectivity index (χ1) is 9.95. The van der Waals surface area contributed by atoms with Crippen molar-refractivity contribution in [3.63, 3.8) is 0 Å². The SMILES string of the molecule is CCOC(=O)C=C(C)C=CCCC(C)CCCCC(C)C. The molecule has 0 amide bonds. The van der Waals surface area contributed by atoms with Crippen molar-refractivity contribution in [2.24, 2.45) is 11.8 Å². The second kappa shape index (κ2) is 12.7. The number of rotatable bonds is 11. The average molecular weight is 294 g/mol. The van der Waals surface area contributed by atoms with E-state index in [2.05, 4.69) is 26.8 Å². The fourth-order valence-electron chi connectivity index (χ4n) is 2.26. The number of unbranched alkanes of at least 4 members (excludes halogenated alkanes) is 1. The normalized spacial score (nSPS) is 13.9. The second-order valence-corrected chi connectivity index (χ2v) is 6.40. The van der Waals surface area contributed by atoms with E-state index in [1.165, 1.54) is 32.1 Å². The third-order valence-corrected chi connectivity index (χ3v) is 3.57. The zero-order chi connectivity index (χ0) is 16.1. The smallest absolute Gasteiger partial charge is 0.330 e. The number of esters is 1. The molecule has 0 spiro atoms. The minimum absolute atomic E-state index is 0.252. The lowest BCUT2D eigenvalue weighted by molar-refractivity contribution is -0.137. The van der Waals surface area contributed by atoms with Gasteiger partial charge in [0.2, 0.25) is 0 Å². The lowest BCUT2D eigenvalue weighted by Crippen LogP contribution is -1.99. The molecule has 1 unspecified atom stereocenters. The highest BCUT2D eigenvalue weighted by molar-refractivity contribution is 5.83. The Bertz CT molecular complexity index is 326. The van der Waals surface area contributed by atoms with Crippen molar-refractivity contribution >= 4 is 5.97 Å². The van der Waals surface area contributed by atoms with Crippen LogP contribution in [0.4, 0.5) is 0 Å². The summed E-state index contributed by atoms with van der Waals surface area (Å²) in [5, 5.41) is 0. The van der Waals surface area contributed by atoms with Crippen LogP contribution in [0.5, 0.6) is 0 Å². The van der Waals surface area contributed by atoms with Gasteiger partial charge in [-0.25, -0.2) is 4.79 Å². The molecule has 0 rings (SSSR count). The first-order valence-corrected chi connectivity index (χ1v) is 8.47.